The van der Waals surface area contributed by atoms with Gasteiger partial charge in [0.1, 0.15) is 0 Å². The second kappa shape index (κ2) is 15.7. The third kappa shape index (κ3) is 169. The van der Waals surface area contributed by atoms with Gasteiger partial charge in [0, 0.05) is 5.97 Å². The molecule has 0 unspecified atom stereocenters. The Morgan fingerprint density at radius 2 is 1.43 bits per heavy atom. The molecule has 0 bridgehead atoms. The van der Waals surface area contributed by atoms with Gasteiger partial charge in [-0.05, 0) is 6.92 Å². The average Bonchev–Trinajstić information content (AvgIpc) is 0.811. The summed E-state index contributed by atoms with van der Waals surface area (Å²) in [4.78, 5) is 8.89. The molecular weight excluding hydrogens is 127 g/mol. The summed E-state index contributed by atoms with van der Waals surface area (Å²) in [5.74, 6) is -1.08. The van der Waals surface area contributed by atoms with Crippen LogP contribution >= 0.6 is 0 Å². The number of aliphatic carboxylic acids is 1. The maximum atomic E-state index is 8.89. The van der Waals surface area contributed by atoms with Crippen LogP contribution in [0.2, 0.25) is 0 Å². The standard InChI is InChI=1S/C2H4O2.K.2H2O/c1-2(3)4;;;/h1H3,(H,3,4);;2*1H2/q;+1;;/p-1. The van der Waals surface area contributed by atoms with Gasteiger partial charge in [-0.2, -0.15) is 0 Å². The molecule has 0 rings (SSSR count). The Labute approximate surface area is 83.9 Å². The summed E-state index contributed by atoms with van der Waals surface area (Å²) in [6, 6.07) is 0. The van der Waals surface area contributed by atoms with Crippen LogP contribution in [0.4, 0.5) is 0 Å². The van der Waals surface area contributed by atoms with Gasteiger partial charge < -0.3 is 20.9 Å². The van der Waals surface area contributed by atoms with Crippen LogP contribution in [0, 0.1) is 0 Å². The van der Waals surface area contributed by atoms with Crippen LogP contribution in [-0.2, 0) is 4.79 Å². The molecule has 0 heterocycles. The van der Waals surface area contributed by atoms with E-state index in [2.05, 4.69) is 0 Å². The largest absolute Gasteiger partial charge is 1.00 e. The summed E-state index contributed by atoms with van der Waals surface area (Å²) in [6.45, 7) is 0.972. The van der Waals surface area contributed by atoms with Gasteiger partial charge in [0.05, 0.1) is 0 Å². The molecule has 0 spiro atoms. The van der Waals surface area contributed by atoms with Crippen molar-refractivity contribution in [1.82, 2.24) is 0 Å². The van der Waals surface area contributed by atoms with Gasteiger partial charge in [-0.15, -0.1) is 0 Å². The van der Waals surface area contributed by atoms with Crippen molar-refractivity contribution < 1.29 is 72.2 Å². The van der Waals surface area contributed by atoms with E-state index in [4.69, 9.17) is 9.90 Å². The van der Waals surface area contributed by atoms with Crippen molar-refractivity contribution in [2.75, 3.05) is 0 Å². The zero-order chi connectivity index (χ0) is 3.58. The minimum atomic E-state index is -1.08. The first-order valence-electron chi connectivity index (χ1n) is 0.908. The average molecular weight is 134 g/mol. The van der Waals surface area contributed by atoms with Crippen molar-refractivity contribution in [3.05, 3.63) is 0 Å². The molecule has 0 aliphatic rings. The van der Waals surface area contributed by atoms with Gasteiger partial charge in [0.25, 0.3) is 0 Å². The van der Waals surface area contributed by atoms with Gasteiger partial charge in [0.2, 0.25) is 0 Å². The van der Waals surface area contributed by atoms with Gasteiger partial charge in [-0.3, -0.25) is 0 Å². The molecule has 4 N–H and O–H groups in total. The molecule has 0 aliphatic heterocycles. The molecule has 0 aliphatic carbocycles. The predicted octanol–water partition coefficient (Wildman–Crippen LogP) is -5.89. The molecule has 0 saturated heterocycles. The van der Waals surface area contributed by atoms with Crippen molar-refractivity contribution in [2.45, 2.75) is 6.92 Å². The number of hydrogen-bond donors (Lipinski definition) is 0. The predicted molar refractivity (Wildman–Crippen MR) is 17.9 cm³/mol. The number of carboxylic acid groups (broad SMARTS) is 1. The zero-order valence-electron chi connectivity index (χ0n) is 4.32. The van der Waals surface area contributed by atoms with E-state index in [0.717, 1.165) is 6.92 Å². The van der Waals surface area contributed by atoms with Crippen LogP contribution in [0.1, 0.15) is 6.92 Å². The first-order chi connectivity index (χ1) is 1.73. The smallest absolute Gasteiger partial charge is 0.550 e. The summed E-state index contributed by atoms with van der Waals surface area (Å²) in [7, 11) is 0. The quantitative estimate of drug-likeness (QED) is 0.308. The monoisotopic (exact) mass is 134 g/mol. The SMILES string of the molecule is CC(=O)[O-].O.O.[K+]. The van der Waals surface area contributed by atoms with E-state index in [0.29, 0.717) is 0 Å². The molecule has 40 valence electrons. The Hall–Kier alpha value is 1.03. The maximum absolute atomic E-state index is 8.89. The molecular formula is C2H7KO4. The van der Waals surface area contributed by atoms with E-state index in [9.17, 15) is 0 Å². The third-order valence-electron chi connectivity index (χ3n) is 0. The molecule has 0 atom stereocenters. The van der Waals surface area contributed by atoms with Gasteiger partial charge in [0.15, 0.2) is 0 Å². The Morgan fingerprint density at radius 3 is 1.43 bits per heavy atom. The summed E-state index contributed by atoms with van der Waals surface area (Å²) >= 11 is 0. The summed E-state index contributed by atoms with van der Waals surface area (Å²) in [5.41, 5.74) is 0. The van der Waals surface area contributed by atoms with Gasteiger partial charge in [-0.25, -0.2) is 0 Å². The molecule has 0 saturated carbocycles. The molecule has 7 heavy (non-hydrogen) atoms. The van der Waals surface area contributed by atoms with Crippen LogP contribution in [0.25, 0.3) is 0 Å². The van der Waals surface area contributed by atoms with E-state index < -0.39 is 5.97 Å². The van der Waals surface area contributed by atoms with E-state index in [-0.39, 0.29) is 62.3 Å². The van der Waals surface area contributed by atoms with E-state index in [1.165, 1.54) is 0 Å². The fourth-order valence-corrected chi connectivity index (χ4v) is 0. The number of carbonyl (C=O) groups excluding carboxylic acids is 1. The maximum Gasteiger partial charge on any atom is 1.00 e. The molecule has 0 radical (unpaired) electrons. The molecule has 0 aromatic carbocycles. The van der Waals surface area contributed by atoms with Crippen LogP contribution < -0.4 is 56.5 Å². The van der Waals surface area contributed by atoms with Crippen molar-refractivity contribution in [1.29, 1.82) is 0 Å². The van der Waals surface area contributed by atoms with Crippen LogP contribution in [0.15, 0.2) is 0 Å². The minimum absolute atomic E-state index is 0. The van der Waals surface area contributed by atoms with Gasteiger partial charge >= 0.3 is 51.4 Å². The first kappa shape index (κ1) is 24.4. The number of carbonyl (C=O) groups is 1. The normalized spacial score (nSPS) is 3.57. The summed E-state index contributed by atoms with van der Waals surface area (Å²) < 4.78 is 0. The Morgan fingerprint density at radius 1 is 1.43 bits per heavy atom. The number of rotatable bonds is 0. The Bertz CT molecular complexity index is 32.7. The number of carboxylic acids is 1. The molecule has 0 amide bonds. The minimum Gasteiger partial charge on any atom is -0.550 e. The summed E-state index contributed by atoms with van der Waals surface area (Å²) in [5, 5.41) is 8.89. The number of hydrogen-bond acceptors (Lipinski definition) is 2. The second-order valence-corrected chi connectivity index (χ2v) is 0.492. The van der Waals surface area contributed by atoms with E-state index >= 15 is 0 Å². The molecule has 0 aromatic heterocycles. The van der Waals surface area contributed by atoms with Gasteiger partial charge in [-0.1, -0.05) is 0 Å². The van der Waals surface area contributed by atoms with E-state index in [1.807, 2.05) is 0 Å². The fraction of sp³-hybridized carbons (Fsp3) is 0.500. The summed E-state index contributed by atoms with van der Waals surface area (Å²) in [6.07, 6.45) is 0. The Kier molecular flexibility index (Phi) is 55.0. The molecule has 4 nitrogen and oxygen atoms in total. The van der Waals surface area contributed by atoms with Crippen LogP contribution in [-0.4, -0.2) is 16.9 Å². The first-order valence-corrected chi connectivity index (χ1v) is 0.908. The van der Waals surface area contributed by atoms with Crippen molar-refractivity contribution >= 4 is 5.97 Å². The fourth-order valence-electron chi connectivity index (χ4n) is 0. The topological polar surface area (TPSA) is 103 Å². The Balaban J connectivity index is -0.0000000150. The van der Waals surface area contributed by atoms with Crippen molar-refractivity contribution in [3.63, 3.8) is 0 Å². The third-order valence-corrected chi connectivity index (χ3v) is 0. The van der Waals surface area contributed by atoms with Crippen LogP contribution in [0.3, 0.4) is 0 Å². The molecule has 0 fully saturated rings. The van der Waals surface area contributed by atoms with E-state index in [1.54, 1.807) is 0 Å². The molecule has 0 aromatic rings. The zero-order valence-corrected chi connectivity index (χ0v) is 7.44. The second-order valence-electron chi connectivity index (χ2n) is 0.492. The van der Waals surface area contributed by atoms with Crippen molar-refractivity contribution in [3.8, 4) is 0 Å². The molecule has 5 heteroatoms. The van der Waals surface area contributed by atoms with Crippen LogP contribution in [0.5, 0.6) is 0 Å². The van der Waals surface area contributed by atoms with Crippen molar-refractivity contribution in [2.24, 2.45) is 0 Å².